The fraction of sp³-hybridized carbons (Fsp3) is 0.494. The molecule has 6 aromatic carbocycles. The number of aliphatic hydroxyl groups excluding tert-OH is 1. The lowest BCUT2D eigenvalue weighted by molar-refractivity contribution is -0.0389. The Morgan fingerprint density at radius 3 is 1.25 bits per heavy atom. The van der Waals surface area contributed by atoms with E-state index < -0.39 is 12.3 Å². The fourth-order valence-electron chi connectivity index (χ4n) is 12.4. The molecule has 0 fully saturated rings. The average molecular weight is 1290 g/mol. The third kappa shape index (κ3) is 23.7. The minimum Gasteiger partial charge on any atom is -0.507 e. The number of rotatable bonds is 42. The van der Waals surface area contributed by atoms with Crippen LogP contribution in [0.15, 0.2) is 119 Å². The van der Waals surface area contributed by atoms with Crippen LogP contribution in [0.1, 0.15) is 209 Å². The smallest absolute Gasteiger partial charge is 0.170 e. The van der Waals surface area contributed by atoms with Crippen molar-refractivity contribution >= 4 is 11.7 Å². The van der Waals surface area contributed by atoms with Crippen molar-refractivity contribution in [3.8, 4) is 57.2 Å². The molecule has 3 atom stereocenters. The maximum Gasteiger partial charge on any atom is 0.170 e. The van der Waals surface area contributed by atoms with Gasteiger partial charge >= 0.3 is 0 Å². The average Bonchev–Trinajstić information content (AvgIpc) is 0.811. The van der Waals surface area contributed by atoms with Gasteiger partial charge in [-0.15, -0.1) is 0 Å². The summed E-state index contributed by atoms with van der Waals surface area (Å²) in [6.45, 7) is 21.7. The number of aliphatic imine (C=N–C) groups is 2. The SMILES string of the molecule is CCCCCCCCCCCCCOCC(COc1ccc(C2=NC(c3ccc(C)cc3C)N=C(c3ccc(C)cc3C)N2)c(O)c1)OCCCCCCCCCCCCOCC(O)COc1ccc(-c2nc(-c3ccc(C)cc3C)nc(-c3ccc(C)cc3C)n2)c(O)c1. The van der Waals surface area contributed by atoms with Gasteiger partial charge in [0.1, 0.15) is 60.1 Å². The normalized spacial score (nSPS) is 13.7. The van der Waals surface area contributed by atoms with E-state index in [-0.39, 0.29) is 30.8 Å². The Morgan fingerprint density at radius 2 is 0.779 bits per heavy atom. The summed E-state index contributed by atoms with van der Waals surface area (Å²) in [6.07, 6.45) is 24.0. The van der Waals surface area contributed by atoms with E-state index >= 15 is 0 Å². The molecule has 0 aliphatic carbocycles. The summed E-state index contributed by atoms with van der Waals surface area (Å²) >= 11 is 0. The quantitative estimate of drug-likeness (QED) is 0.0266. The van der Waals surface area contributed by atoms with E-state index in [4.69, 9.17) is 48.6 Å². The molecule has 0 amide bonds. The number of nitrogens with zero attached hydrogens (tertiary/aromatic N) is 5. The predicted molar refractivity (Wildman–Crippen MR) is 387 cm³/mol. The number of aryl methyl sites for hydroxylation is 8. The molecule has 1 aliphatic heterocycles. The van der Waals surface area contributed by atoms with Crippen molar-refractivity contribution in [1.29, 1.82) is 0 Å². The van der Waals surface area contributed by atoms with Crippen LogP contribution in [0.25, 0.3) is 34.2 Å². The van der Waals surface area contributed by atoms with E-state index in [1.807, 2.05) is 50.2 Å². The summed E-state index contributed by atoms with van der Waals surface area (Å²) in [5, 5.41) is 37.1. The lowest BCUT2D eigenvalue weighted by atomic mass is 10.0. The highest BCUT2D eigenvalue weighted by molar-refractivity contribution is 6.17. The molecule has 95 heavy (non-hydrogen) atoms. The zero-order chi connectivity index (χ0) is 67.3. The number of amidine groups is 2. The zero-order valence-electron chi connectivity index (χ0n) is 58.5. The van der Waals surface area contributed by atoms with Crippen LogP contribution < -0.4 is 14.8 Å². The second-order valence-corrected chi connectivity index (χ2v) is 26.4. The molecule has 510 valence electrons. The Labute approximate surface area is 567 Å². The zero-order valence-corrected chi connectivity index (χ0v) is 58.5. The van der Waals surface area contributed by atoms with Crippen molar-refractivity contribution < 1.29 is 39.0 Å². The van der Waals surface area contributed by atoms with Gasteiger partial charge < -0.3 is 44.3 Å². The number of benzene rings is 6. The Kier molecular flexibility index (Phi) is 30.0. The number of ether oxygens (including phenoxy) is 5. The van der Waals surface area contributed by atoms with Crippen LogP contribution >= 0.6 is 0 Å². The number of unbranched alkanes of at least 4 members (excludes halogenated alkanes) is 19. The number of phenolic OH excluding ortho intramolecular Hbond substituents is 2. The summed E-state index contributed by atoms with van der Waals surface area (Å²) in [7, 11) is 0. The molecule has 7 aromatic rings. The highest BCUT2D eigenvalue weighted by Gasteiger charge is 2.25. The standard InChI is InChI=1S/C81H108N6O8/c1-10-11-12-13-14-15-16-19-23-26-29-44-92-54-67(55-95-66-36-42-73(75(90)51-66)81-86-78(70-39-33-58(4)48-62(70)8)83-79(87-81)71-40-34-59(5)49-63(71)9)93-45-30-27-24-21-18-17-20-22-25-28-43-91-52-64(88)53-94-65-35-41-72(74(89)50-65)80-84-76(68-37-31-56(2)46-60(68)6)82-77(85-80)69-38-32-57(3)47-61(69)7/h31-42,46-51,64,67,78,88-90H,10-30,43-45,52-55H2,1-9H3,(H,83,86,87). The Balaban J connectivity index is 0.718. The maximum absolute atomic E-state index is 11.6. The summed E-state index contributed by atoms with van der Waals surface area (Å²) in [5.41, 5.74) is 13.8. The van der Waals surface area contributed by atoms with Gasteiger partial charge in [0.25, 0.3) is 0 Å². The second kappa shape index (κ2) is 38.9. The lowest BCUT2D eigenvalue weighted by Crippen LogP contribution is -2.36. The van der Waals surface area contributed by atoms with Crippen molar-refractivity contribution in [2.45, 2.75) is 216 Å². The molecule has 0 spiro atoms. The van der Waals surface area contributed by atoms with Crippen molar-refractivity contribution in [3.63, 3.8) is 0 Å². The Morgan fingerprint density at radius 1 is 0.389 bits per heavy atom. The number of nitrogens with one attached hydrogen (secondary N) is 1. The minimum atomic E-state index is -0.817. The first-order valence-electron chi connectivity index (χ1n) is 35.5. The highest BCUT2D eigenvalue weighted by atomic mass is 16.6. The van der Waals surface area contributed by atoms with Crippen molar-refractivity contribution in [1.82, 2.24) is 20.3 Å². The molecule has 1 aliphatic rings. The first kappa shape index (κ1) is 73.3. The van der Waals surface area contributed by atoms with E-state index in [2.05, 4.69) is 102 Å². The molecule has 14 nitrogen and oxygen atoms in total. The van der Waals surface area contributed by atoms with Crippen molar-refractivity contribution in [2.75, 3.05) is 46.2 Å². The molecule has 4 N–H and O–H groups in total. The van der Waals surface area contributed by atoms with Gasteiger partial charge in [-0.3, -0.25) is 0 Å². The summed E-state index contributed by atoms with van der Waals surface area (Å²) in [6, 6.07) is 35.5. The van der Waals surface area contributed by atoms with E-state index in [1.54, 1.807) is 18.2 Å². The number of hydrogen-bond acceptors (Lipinski definition) is 14. The molecule has 3 unspecified atom stereocenters. The molecule has 0 saturated carbocycles. The monoisotopic (exact) mass is 1290 g/mol. The van der Waals surface area contributed by atoms with E-state index in [9.17, 15) is 15.3 Å². The fourth-order valence-corrected chi connectivity index (χ4v) is 12.4. The molecular formula is C81H108N6O8. The summed E-state index contributed by atoms with van der Waals surface area (Å²) in [4.78, 5) is 24.8. The van der Waals surface area contributed by atoms with Crippen molar-refractivity contribution in [3.05, 3.63) is 170 Å². The van der Waals surface area contributed by atoms with Crippen LogP contribution in [0, 0.1) is 55.4 Å². The molecule has 0 bridgehead atoms. The number of aromatic nitrogens is 3. The second-order valence-electron chi connectivity index (χ2n) is 26.4. The molecule has 0 radical (unpaired) electrons. The van der Waals surface area contributed by atoms with E-state index in [1.165, 1.54) is 114 Å². The third-order valence-corrected chi connectivity index (χ3v) is 17.8. The Hall–Kier alpha value is -7.49. The molecule has 2 heterocycles. The van der Waals surface area contributed by atoms with Gasteiger partial charge in [-0.05, 0) is 121 Å². The lowest BCUT2D eigenvalue weighted by Gasteiger charge is -2.24. The molecule has 1 aromatic heterocycles. The minimum absolute atomic E-state index is 0.0265. The first-order valence-corrected chi connectivity index (χ1v) is 35.5. The third-order valence-electron chi connectivity index (χ3n) is 17.8. The number of aromatic hydroxyl groups is 2. The molecule has 8 rings (SSSR count). The topological polar surface area (TPSA) is 182 Å². The molecular weight excluding hydrogens is 1180 g/mol. The van der Waals surface area contributed by atoms with Gasteiger partial charge in [0, 0.05) is 54.2 Å². The molecule has 14 heteroatoms. The number of aliphatic hydroxyl groups is 1. The highest BCUT2D eigenvalue weighted by Crippen LogP contribution is 2.36. The largest absolute Gasteiger partial charge is 0.507 e. The van der Waals surface area contributed by atoms with Crippen LogP contribution in [0.4, 0.5) is 0 Å². The number of hydrogen-bond donors (Lipinski definition) is 4. The van der Waals surface area contributed by atoms with Crippen LogP contribution in [0.3, 0.4) is 0 Å². The van der Waals surface area contributed by atoms with Gasteiger partial charge in [0.2, 0.25) is 0 Å². The van der Waals surface area contributed by atoms with Crippen LogP contribution in [-0.4, -0.2) is 100 Å². The van der Waals surface area contributed by atoms with Crippen LogP contribution in [-0.2, 0) is 14.2 Å². The van der Waals surface area contributed by atoms with Crippen LogP contribution in [0.2, 0.25) is 0 Å². The first-order chi connectivity index (χ1) is 46.1. The van der Waals surface area contributed by atoms with Gasteiger partial charge in [0.15, 0.2) is 23.6 Å². The number of phenols is 2. The van der Waals surface area contributed by atoms with Gasteiger partial charge in [-0.25, -0.2) is 24.9 Å². The van der Waals surface area contributed by atoms with Gasteiger partial charge in [-0.2, -0.15) is 0 Å². The molecule has 0 saturated heterocycles. The van der Waals surface area contributed by atoms with Crippen molar-refractivity contribution in [2.24, 2.45) is 9.98 Å². The Bertz CT molecular complexity index is 3510. The van der Waals surface area contributed by atoms with E-state index in [0.717, 1.165) is 94.2 Å². The maximum atomic E-state index is 11.6. The predicted octanol–water partition coefficient (Wildman–Crippen LogP) is 18.7. The van der Waals surface area contributed by atoms with Crippen LogP contribution in [0.5, 0.6) is 23.0 Å². The van der Waals surface area contributed by atoms with Gasteiger partial charge in [0.05, 0.1) is 24.3 Å². The summed E-state index contributed by atoms with van der Waals surface area (Å²) < 4.78 is 30.8. The summed E-state index contributed by atoms with van der Waals surface area (Å²) in [5.74, 6) is 3.68. The van der Waals surface area contributed by atoms with E-state index in [0.29, 0.717) is 84.8 Å². The van der Waals surface area contributed by atoms with Gasteiger partial charge in [-0.1, -0.05) is 218 Å².